The summed E-state index contributed by atoms with van der Waals surface area (Å²) in [5.74, 6) is -3.65. The van der Waals surface area contributed by atoms with Crippen molar-refractivity contribution in [3.63, 3.8) is 0 Å². The third-order valence-corrected chi connectivity index (χ3v) is 7.88. The number of carboxylic acids is 1. The number of nitrogens with zero attached hydrogens (tertiary/aromatic N) is 5. The Morgan fingerprint density at radius 1 is 0.780 bits per heavy atom. The highest BCUT2D eigenvalue weighted by Gasteiger charge is 2.26. The molecule has 0 atom stereocenters. The molecule has 0 amide bonds. The van der Waals surface area contributed by atoms with Crippen molar-refractivity contribution < 1.29 is 73.1 Å². The van der Waals surface area contributed by atoms with Crippen LogP contribution in [0.15, 0.2) is 78.8 Å². The number of nitro benzene ring substituents is 1. The number of carboxylic acid groups (broad SMARTS) is 1. The van der Waals surface area contributed by atoms with Crippen LogP contribution in [-0.4, -0.2) is 79.0 Å². The predicted molar refractivity (Wildman–Crippen MR) is 165 cm³/mol. The van der Waals surface area contributed by atoms with E-state index in [0.717, 1.165) is 48.5 Å². The summed E-state index contributed by atoms with van der Waals surface area (Å²) in [6.45, 7) is 0. The van der Waals surface area contributed by atoms with E-state index in [2.05, 4.69) is 20.5 Å². The highest BCUT2D eigenvalue weighted by Crippen LogP contribution is 2.48. The summed E-state index contributed by atoms with van der Waals surface area (Å²) in [6, 6.07) is 7.54. The van der Waals surface area contributed by atoms with Gasteiger partial charge in [0, 0.05) is 18.2 Å². The Labute approximate surface area is 280 Å². The molecule has 0 unspecified atom stereocenters. The third-order valence-electron chi connectivity index (χ3n) is 6.13. The van der Waals surface area contributed by atoms with Crippen LogP contribution >= 0.6 is 0 Å². The van der Waals surface area contributed by atoms with E-state index in [1.54, 1.807) is 0 Å². The molecule has 4 aromatic carbocycles. The number of rotatable bonds is 10. The molecule has 4 rings (SSSR count). The zero-order valence-corrected chi connectivity index (χ0v) is 27.2. The maximum Gasteiger partial charge on any atom is 0.425 e. The number of carbonyl (C=O) groups is 1. The number of phenols is 2. The van der Waals surface area contributed by atoms with Crippen molar-refractivity contribution in [1.29, 1.82) is 0 Å². The van der Waals surface area contributed by atoms with Crippen LogP contribution in [0.25, 0.3) is 10.8 Å². The van der Waals surface area contributed by atoms with Gasteiger partial charge in [-0.3, -0.25) is 19.2 Å². The summed E-state index contributed by atoms with van der Waals surface area (Å²) in [5, 5.41) is 56.5. The molecular weight excluding hydrogens is 738 g/mol. The lowest BCUT2D eigenvalue weighted by molar-refractivity contribution is -0.385. The van der Waals surface area contributed by atoms with Gasteiger partial charge in [-0.25, -0.2) is 4.79 Å². The SMILES string of the molecule is COc1cc(N=Nc2ccc3cc(S(=O)(=O)O)c(N=Nc4ccc([N+](=O)[O-])c(C(=O)O)c4)c(O)c3c2O)c(S(=O)(=O)O)cc1OC.O=S(=O)=O. The smallest absolute Gasteiger partial charge is 0.425 e. The van der Waals surface area contributed by atoms with Gasteiger partial charge in [0.25, 0.3) is 25.9 Å². The number of hydrogen-bond acceptors (Lipinski definition) is 18. The molecule has 5 N–H and O–H groups in total. The third kappa shape index (κ3) is 8.65. The van der Waals surface area contributed by atoms with Gasteiger partial charge in [0.1, 0.15) is 32.4 Å². The average molecular weight is 758 g/mol. The second-order valence-electron chi connectivity index (χ2n) is 9.10. The maximum absolute atomic E-state index is 12.2. The van der Waals surface area contributed by atoms with E-state index in [1.807, 2.05) is 0 Å². The molecule has 4 aromatic rings. The highest BCUT2D eigenvalue weighted by atomic mass is 32.2. The van der Waals surface area contributed by atoms with Crippen LogP contribution in [-0.2, 0) is 30.8 Å². The van der Waals surface area contributed by atoms with Crippen molar-refractivity contribution in [1.82, 2.24) is 0 Å². The first-order valence-corrected chi connectivity index (χ1v) is 16.4. The number of aromatic hydroxyl groups is 2. The van der Waals surface area contributed by atoms with E-state index in [-0.39, 0.29) is 22.6 Å². The Bertz CT molecular complexity index is 2440. The minimum Gasteiger partial charge on any atom is -0.505 e. The first-order valence-electron chi connectivity index (χ1n) is 12.6. The van der Waals surface area contributed by atoms with Crippen LogP contribution in [0, 0.1) is 10.1 Å². The van der Waals surface area contributed by atoms with Crippen LogP contribution in [0.4, 0.5) is 28.4 Å². The van der Waals surface area contributed by atoms with Gasteiger partial charge < -0.3 is 24.8 Å². The maximum atomic E-state index is 12.2. The Morgan fingerprint density at radius 3 is 1.86 bits per heavy atom. The van der Waals surface area contributed by atoms with Crippen molar-refractivity contribution in [3.05, 3.63) is 64.2 Å². The lowest BCUT2D eigenvalue weighted by atomic mass is 10.1. The van der Waals surface area contributed by atoms with Crippen LogP contribution in [0.5, 0.6) is 23.0 Å². The van der Waals surface area contributed by atoms with Gasteiger partial charge in [-0.1, -0.05) is 6.07 Å². The van der Waals surface area contributed by atoms with Crippen LogP contribution in [0.1, 0.15) is 10.4 Å². The molecule has 50 heavy (non-hydrogen) atoms. The Morgan fingerprint density at radius 2 is 1.34 bits per heavy atom. The molecule has 0 saturated heterocycles. The molecule has 0 aliphatic heterocycles. The van der Waals surface area contributed by atoms with Crippen molar-refractivity contribution >= 4 is 76.0 Å². The molecule has 0 bridgehead atoms. The van der Waals surface area contributed by atoms with Crippen LogP contribution in [0.2, 0.25) is 0 Å². The number of nitro groups is 1. The molecule has 0 radical (unpaired) electrons. The van der Waals surface area contributed by atoms with E-state index in [1.165, 1.54) is 14.2 Å². The molecule has 0 heterocycles. The number of aromatic carboxylic acids is 1. The molecular formula is C25H19N5O17S3. The fourth-order valence-electron chi connectivity index (χ4n) is 4.05. The quantitative estimate of drug-likeness (QED) is 0.0654. The summed E-state index contributed by atoms with van der Waals surface area (Å²) in [7, 11) is -10.6. The molecule has 0 aliphatic rings. The van der Waals surface area contributed by atoms with E-state index in [0.29, 0.717) is 0 Å². The topological polar surface area (TPSA) is 349 Å². The molecule has 25 heteroatoms. The lowest BCUT2D eigenvalue weighted by Crippen LogP contribution is -2.02. The second-order valence-corrected chi connectivity index (χ2v) is 12.3. The Balaban J connectivity index is 0.00000160. The van der Waals surface area contributed by atoms with Gasteiger partial charge in [0.15, 0.2) is 23.0 Å². The summed E-state index contributed by atoms with van der Waals surface area (Å²) in [6.07, 6.45) is 0. The van der Waals surface area contributed by atoms with Crippen LogP contribution < -0.4 is 9.47 Å². The fourth-order valence-corrected chi connectivity index (χ4v) is 5.33. The zero-order valence-electron chi connectivity index (χ0n) is 24.7. The molecule has 0 saturated carbocycles. The molecule has 0 spiro atoms. The number of azo groups is 2. The normalized spacial score (nSPS) is 11.7. The van der Waals surface area contributed by atoms with Crippen LogP contribution in [0.3, 0.4) is 0 Å². The zero-order chi connectivity index (χ0) is 37.7. The van der Waals surface area contributed by atoms with E-state index in [9.17, 15) is 56.2 Å². The largest absolute Gasteiger partial charge is 0.505 e. The summed E-state index contributed by atoms with van der Waals surface area (Å²) >= 11 is 0. The minimum absolute atomic E-state index is 0.000435. The Hall–Kier alpha value is -6.15. The molecule has 0 aliphatic carbocycles. The van der Waals surface area contributed by atoms with Crippen molar-refractivity contribution in [2.45, 2.75) is 9.79 Å². The van der Waals surface area contributed by atoms with Gasteiger partial charge in [-0.05, 0) is 29.7 Å². The van der Waals surface area contributed by atoms with Crippen molar-refractivity contribution in [2.75, 3.05) is 14.2 Å². The molecule has 264 valence electrons. The average Bonchev–Trinajstić information content (AvgIpc) is 3.01. The van der Waals surface area contributed by atoms with E-state index < -0.39 is 96.7 Å². The number of phenolic OH excluding ortho intramolecular Hbond substituents is 2. The number of hydrogen-bond donors (Lipinski definition) is 5. The van der Waals surface area contributed by atoms with Gasteiger partial charge in [-0.15, -0.1) is 28.0 Å². The monoisotopic (exact) mass is 757 g/mol. The second kappa shape index (κ2) is 15.0. The number of benzene rings is 4. The van der Waals surface area contributed by atoms with Gasteiger partial charge in [0.05, 0.1) is 30.2 Å². The number of ether oxygens (including phenoxy) is 2. The molecule has 22 nitrogen and oxygen atoms in total. The van der Waals surface area contributed by atoms with Crippen molar-refractivity contribution in [2.24, 2.45) is 20.5 Å². The van der Waals surface area contributed by atoms with E-state index >= 15 is 0 Å². The first-order chi connectivity index (χ1) is 23.2. The first kappa shape index (κ1) is 38.3. The van der Waals surface area contributed by atoms with Gasteiger partial charge in [0.2, 0.25) is 0 Å². The molecule has 0 fully saturated rings. The minimum atomic E-state index is -5.12. The predicted octanol–water partition coefficient (Wildman–Crippen LogP) is 4.19. The van der Waals surface area contributed by atoms with Gasteiger partial charge >= 0.3 is 16.6 Å². The standard InChI is InChI=1S/C25H19N5O14S2.O3S/c1-43-17-9-15(19(45(37,38)39)10-18(17)44-2)28-27-14-5-3-11-7-20(46(40,41)42)22(24(32)21(11)23(14)31)29-26-12-4-6-16(30(35)36)13(8-12)25(33)34;1-4(2)3/h3-10,31-32H,1-2H3,(H,33,34)(H,37,38,39)(H,40,41,42);. The lowest BCUT2D eigenvalue weighted by Gasteiger charge is -2.12. The number of fused-ring (bicyclic) bond motifs is 1. The van der Waals surface area contributed by atoms with E-state index in [4.69, 9.17) is 22.1 Å². The summed E-state index contributed by atoms with van der Waals surface area (Å²) in [5.41, 5.74) is -3.68. The summed E-state index contributed by atoms with van der Waals surface area (Å²) < 4.78 is 103. The van der Waals surface area contributed by atoms with Gasteiger partial charge in [-0.2, -0.15) is 21.9 Å². The summed E-state index contributed by atoms with van der Waals surface area (Å²) in [4.78, 5) is 19.9. The fraction of sp³-hybridized carbons (Fsp3) is 0.0800. The Kier molecular flexibility index (Phi) is 11.5. The molecule has 0 aromatic heterocycles. The highest BCUT2D eigenvalue weighted by molar-refractivity contribution is 7.86. The number of methoxy groups -OCH3 is 2. The van der Waals surface area contributed by atoms with Crippen molar-refractivity contribution in [3.8, 4) is 23.0 Å².